The second kappa shape index (κ2) is 11.5. The lowest BCUT2D eigenvalue weighted by Gasteiger charge is -2.16. The monoisotopic (exact) mass is 636 g/mol. The third-order valence-electron chi connectivity index (χ3n) is 10.2. The first-order chi connectivity index (χ1) is 24.8. The number of nitrogens with one attached hydrogen (secondary N) is 2. The van der Waals surface area contributed by atoms with Gasteiger partial charge in [0, 0.05) is 45.0 Å². The van der Waals surface area contributed by atoms with E-state index in [1.807, 2.05) is 0 Å². The van der Waals surface area contributed by atoms with Gasteiger partial charge in [-0.15, -0.1) is 0 Å². The highest BCUT2D eigenvalue weighted by Gasteiger charge is 2.23. The minimum absolute atomic E-state index is 1.13. The van der Waals surface area contributed by atoms with Crippen molar-refractivity contribution in [3.8, 4) is 77.9 Å². The van der Waals surface area contributed by atoms with Crippen molar-refractivity contribution in [2.45, 2.75) is 0 Å². The summed E-state index contributed by atoms with van der Waals surface area (Å²) in [6.45, 7) is 0. The summed E-state index contributed by atoms with van der Waals surface area (Å²) < 4.78 is 0. The molecule has 0 saturated heterocycles. The van der Waals surface area contributed by atoms with Crippen LogP contribution in [0.4, 0.5) is 22.7 Å². The standard InChI is InChI=1S/C48H32N2/c1-5-19-43-37(11-1)39-17-9-15-35(47(39)41-13-3-7-21-45(41)49-43)33-27-23-31(24-28-33)32-25-29-34(30-26-32)36-16-10-18-40-38-12-2-6-20-44(38)50-46-22-8-4-14-42(46)48(36)40/h1-30,49-50H. The molecule has 2 heteroatoms. The van der Waals surface area contributed by atoms with Gasteiger partial charge >= 0.3 is 0 Å². The lowest BCUT2D eigenvalue weighted by atomic mass is 9.86. The molecule has 0 aromatic heterocycles. The maximum Gasteiger partial charge on any atom is 0.0464 e. The Morgan fingerprint density at radius 1 is 0.200 bits per heavy atom. The van der Waals surface area contributed by atoms with Gasteiger partial charge in [-0.1, -0.05) is 158 Å². The lowest BCUT2D eigenvalue weighted by Crippen LogP contribution is -1.91. The van der Waals surface area contributed by atoms with Gasteiger partial charge in [0.05, 0.1) is 0 Å². The summed E-state index contributed by atoms with van der Waals surface area (Å²) in [6, 6.07) is 65.9. The van der Waals surface area contributed by atoms with Gasteiger partial charge < -0.3 is 10.6 Å². The van der Waals surface area contributed by atoms with Crippen LogP contribution in [0.5, 0.6) is 0 Å². The van der Waals surface area contributed by atoms with Gasteiger partial charge in [0.2, 0.25) is 0 Å². The third kappa shape index (κ3) is 4.57. The predicted octanol–water partition coefficient (Wildman–Crippen LogP) is 13.5. The SMILES string of the molecule is c1ccc2c(c1)Nc1ccccc1-c1c(-c3ccc(-c4ccc(-c5cccc6c5-c5ccccc5Nc5ccccc5-6)cc4)cc3)cccc1-2. The predicted molar refractivity (Wildman–Crippen MR) is 211 cm³/mol. The van der Waals surface area contributed by atoms with E-state index in [-0.39, 0.29) is 0 Å². The van der Waals surface area contributed by atoms with E-state index in [2.05, 4.69) is 193 Å². The van der Waals surface area contributed by atoms with Crippen LogP contribution < -0.4 is 10.6 Å². The summed E-state index contributed by atoms with van der Waals surface area (Å²) in [6.07, 6.45) is 0. The van der Waals surface area contributed by atoms with Crippen LogP contribution in [-0.2, 0) is 0 Å². The van der Waals surface area contributed by atoms with Crippen molar-refractivity contribution in [3.63, 3.8) is 0 Å². The van der Waals surface area contributed by atoms with Crippen molar-refractivity contribution in [1.82, 2.24) is 0 Å². The van der Waals surface area contributed by atoms with E-state index in [1.165, 1.54) is 77.9 Å². The van der Waals surface area contributed by atoms with Crippen LogP contribution in [0.3, 0.4) is 0 Å². The molecule has 0 spiro atoms. The van der Waals surface area contributed by atoms with Crippen molar-refractivity contribution in [2.24, 2.45) is 0 Å². The largest absolute Gasteiger partial charge is 0.355 e. The van der Waals surface area contributed by atoms with E-state index in [0.717, 1.165) is 22.7 Å². The van der Waals surface area contributed by atoms with Crippen LogP contribution in [0.15, 0.2) is 182 Å². The van der Waals surface area contributed by atoms with Gasteiger partial charge in [0.25, 0.3) is 0 Å². The highest BCUT2D eigenvalue weighted by molar-refractivity contribution is 6.05. The first-order valence-electron chi connectivity index (χ1n) is 17.2. The van der Waals surface area contributed by atoms with E-state index < -0.39 is 0 Å². The van der Waals surface area contributed by atoms with Crippen LogP contribution in [0, 0.1) is 0 Å². The van der Waals surface area contributed by atoms with Gasteiger partial charge in [0.15, 0.2) is 0 Å². The molecule has 234 valence electrons. The number of hydrogen-bond acceptors (Lipinski definition) is 2. The second-order valence-electron chi connectivity index (χ2n) is 13.0. The van der Waals surface area contributed by atoms with Gasteiger partial charge in [-0.3, -0.25) is 0 Å². The zero-order valence-corrected chi connectivity index (χ0v) is 27.3. The van der Waals surface area contributed by atoms with Crippen LogP contribution in [0.1, 0.15) is 0 Å². The minimum Gasteiger partial charge on any atom is -0.355 e. The first-order valence-corrected chi connectivity index (χ1v) is 17.2. The summed E-state index contributed by atoms with van der Waals surface area (Å²) in [7, 11) is 0. The molecule has 8 aromatic rings. The molecule has 0 saturated carbocycles. The Balaban J connectivity index is 1.03. The molecule has 0 amide bonds. The number of para-hydroxylation sites is 4. The average Bonchev–Trinajstić information content (AvgIpc) is 3.43. The highest BCUT2D eigenvalue weighted by Crippen LogP contribution is 2.50. The van der Waals surface area contributed by atoms with E-state index >= 15 is 0 Å². The smallest absolute Gasteiger partial charge is 0.0464 e. The van der Waals surface area contributed by atoms with Crippen molar-refractivity contribution in [3.05, 3.63) is 182 Å². The zero-order valence-electron chi connectivity index (χ0n) is 27.3. The Kier molecular flexibility index (Phi) is 6.53. The normalized spacial score (nSPS) is 11.9. The van der Waals surface area contributed by atoms with Gasteiger partial charge in [-0.2, -0.15) is 0 Å². The van der Waals surface area contributed by atoms with E-state index in [0.29, 0.717) is 0 Å². The highest BCUT2D eigenvalue weighted by atomic mass is 14.9. The summed E-state index contributed by atoms with van der Waals surface area (Å²) in [5.74, 6) is 0. The maximum absolute atomic E-state index is 3.70. The number of rotatable bonds is 3. The Morgan fingerprint density at radius 3 is 0.880 bits per heavy atom. The van der Waals surface area contributed by atoms with E-state index in [9.17, 15) is 0 Å². The molecule has 0 unspecified atom stereocenters. The molecule has 0 fully saturated rings. The topological polar surface area (TPSA) is 24.1 Å². The number of benzene rings is 8. The first kappa shape index (κ1) is 28.4. The molecular formula is C48H32N2. The molecule has 10 rings (SSSR count). The molecule has 0 radical (unpaired) electrons. The number of hydrogen-bond donors (Lipinski definition) is 2. The summed E-state index contributed by atoms with van der Waals surface area (Å²) in [5, 5.41) is 7.40. The third-order valence-corrected chi connectivity index (χ3v) is 10.2. The number of anilines is 4. The molecule has 0 aliphatic carbocycles. The molecule has 2 aliphatic heterocycles. The quantitative estimate of drug-likeness (QED) is 0.202. The summed E-state index contributed by atoms with van der Waals surface area (Å²) in [4.78, 5) is 0. The van der Waals surface area contributed by atoms with Crippen LogP contribution >= 0.6 is 0 Å². The maximum atomic E-state index is 3.70. The van der Waals surface area contributed by atoms with Crippen molar-refractivity contribution in [2.75, 3.05) is 10.6 Å². The van der Waals surface area contributed by atoms with Crippen LogP contribution in [0.2, 0.25) is 0 Å². The van der Waals surface area contributed by atoms with Gasteiger partial charge in [0.1, 0.15) is 0 Å². The fraction of sp³-hybridized carbons (Fsp3) is 0. The van der Waals surface area contributed by atoms with Crippen molar-refractivity contribution >= 4 is 22.7 Å². The molecule has 2 heterocycles. The van der Waals surface area contributed by atoms with Gasteiger partial charge in [-0.05, 0) is 79.9 Å². The molecule has 50 heavy (non-hydrogen) atoms. The zero-order chi connectivity index (χ0) is 33.0. The molecule has 2 N–H and O–H groups in total. The second-order valence-corrected chi connectivity index (χ2v) is 13.0. The Bertz CT molecular complexity index is 2400. The molecule has 0 atom stereocenters. The fourth-order valence-corrected chi connectivity index (χ4v) is 7.86. The van der Waals surface area contributed by atoms with E-state index in [4.69, 9.17) is 0 Å². The molecule has 2 aliphatic rings. The Morgan fingerprint density at radius 2 is 0.480 bits per heavy atom. The van der Waals surface area contributed by atoms with E-state index in [1.54, 1.807) is 0 Å². The minimum atomic E-state index is 1.13. The summed E-state index contributed by atoms with van der Waals surface area (Å²) >= 11 is 0. The molecule has 0 bridgehead atoms. The Labute approximate surface area is 292 Å². The molecule has 8 aromatic carbocycles. The number of fused-ring (bicyclic) bond motifs is 10. The summed E-state index contributed by atoms with van der Waals surface area (Å²) in [5.41, 5.74) is 21.7. The van der Waals surface area contributed by atoms with Crippen molar-refractivity contribution < 1.29 is 0 Å². The average molecular weight is 637 g/mol. The Hall–Kier alpha value is -6.64. The lowest BCUT2D eigenvalue weighted by molar-refractivity contribution is 1.56. The fourth-order valence-electron chi connectivity index (χ4n) is 7.86. The van der Waals surface area contributed by atoms with Gasteiger partial charge in [-0.25, -0.2) is 0 Å². The molecular weight excluding hydrogens is 605 g/mol. The molecule has 2 nitrogen and oxygen atoms in total. The van der Waals surface area contributed by atoms with Crippen LogP contribution in [0.25, 0.3) is 77.9 Å². The van der Waals surface area contributed by atoms with Crippen molar-refractivity contribution in [1.29, 1.82) is 0 Å². The van der Waals surface area contributed by atoms with Crippen LogP contribution in [-0.4, -0.2) is 0 Å².